The van der Waals surface area contributed by atoms with Crippen molar-refractivity contribution in [3.8, 4) is 5.88 Å². The minimum absolute atomic E-state index is 0. The van der Waals surface area contributed by atoms with Crippen molar-refractivity contribution in [1.29, 1.82) is 0 Å². The Morgan fingerprint density at radius 2 is 2.10 bits per heavy atom. The lowest BCUT2D eigenvalue weighted by Gasteiger charge is -2.06. The van der Waals surface area contributed by atoms with Crippen molar-refractivity contribution < 1.29 is 9.66 Å². The van der Waals surface area contributed by atoms with E-state index in [1.807, 2.05) is 18.2 Å². The van der Waals surface area contributed by atoms with Gasteiger partial charge in [-0.25, -0.2) is 4.98 Å². The Kier molecular flexibility index (Phi) is 7.14. The molecule has 0 spiro atoms. The smallest absolute Gasteiger partial charge is 0.269 e. The van der Waals surface area contributed by atoms with Crippen LogP contribution in [0.2, 0.25) is 0 Å². The van der Waals surface area contributed by atoms with Crippen molar-refractivity contribution in [2.24, 2.45) is 0 Å². The number of halogens is 1. The number of rotatable bonds is 7. The molecule has 0 aliphatic carbocycles. The Hall–Kier alpha value is -2.18. The maximum atomic E-state index is 10.6. The molecule has 7 heteroatoms. The number of nitrogens with zero attached hydrogens (tertiary/aromatic N) is 2. The number of pyridine rings is 1. The van der Waals surface area contributed by atoms with Crippen molar-refractivity contribution in [1.82, 2.24) is 10.3 Å². The van der Waals surface area contributed by atoms with Crippen LogP contribution in [0.3, 0.4) is 0 Å². The summed E-state index contributed by atoms with van der Waals surface area (Å²) < 4.78 is 5.42. The monoisotopic (exact) mass is 309 g/mol. The summed E-state index contributed by atoms with van der Waals surface area (Å²) in [4.78, 5) is 14.3. The molecule has 0 saturated heterocycles. The van der Waals surface area contributed by atoms with E-state index in [2.05, 4.69) is 10.3 Å². The highest BCUT2D eigenvalue weighted by atomic mass is 35.5. The third kappa shape index (κ3) is 5.76. The van der Waals surface area contributed by atoms with Crippen LogP contribution in [0.5, 0.6) is 5.88 Å². The van der Waals surface area contributed by atoms with Crippen molar-refractivity contribution in [3.05, 3.63) is 64.3 Å². The highest BCUT2D eigenvalue weighted by molar-refractivity contribution is 5.85. The number of benzene rings is 1. The lowest BCUT2D eigenvalue weighted by atomic mass is 10.2. The molecule has 2 rings (SSSR count). The van der Waals surface area contributed by atoms with Gasteiger partial charge in [0.1, 0.15) is 6.61 Å². The summed E-state index contributed by atoms with van der Waals surface area (Å²) in [6.45, 7) is 1.69. The number of aromatic nitrogens is 1. The molecule has 21 heavy (non-hydrogen) atoms. The maximum absolute atomic E-state index is 10.6. The van der Waals surface area contributed by atoms with E-state index in [0.29, 0.717) is 25.6 Å². The number of nitro benzene ring substituents is 1. The fourth-order valence-corrected chi connectivity index (χ4v) is 1.67. The normalized spacial score (nSPS) is 9.71. The molecule has 0 bridgehead atoms. The quantitative estimate of drug-likeness (QED) is 0.483. The first-order chi connectivity index (χ1) is 9.75. The Balaban J connectivity index is 0.00000220. The zero-order chi connectivity index (χ0) is 14.2. The molecule has 1 N–H and O–H groups in total. The van der Waals surface area contributed by atoms with Crippen LogP contribution in [-0.2, 0) is 6.54 Å². The van der Waals surface area contributed by atoms with Crippen LogP contribution in [0.15, 0.2) is 48.7 Å². The molecule has 0 saturated carbocycles. The highest BCUT2D eigenvalue weighted by Gasteiger charge is 2.04. The lowest BCUT2D eigenvalue weighted by Crippen LogP contribution is -2.20. The number of ether oxygens (including phenoxy) is 1. The Morgan fingerprint density at radius 1 is 1.24 bits per heavy atom. The maximum Gasteiger partial charge on any atom is 0.269 e. The Bertz CT molecular complexity index is 566. The number of hydrogen-bond donors (Lipinski definition) is 1. The summed E-state index contributed by atoms with van der Waals surface area (Å²) in [6.07, 6.45) is 1.67. The predicted molar refractivity (Wildman–Crippen MR) is 81.8 cm³/mol. The largest absolute Gasteiger partial charge is 0.476 e. The van der Waals surface area contributed by atoms with Gasteiger partial charge in [0.25, 0.3) is 5.69 Å². The molecule has 112 valence electrons. The molecule has 0 aliphatic rings. The molecule has 2 aromatic rings. The molecule has 0 unspecified atom stereocenters. The summed E-state index contributed by atoms with van der Waals surface area (Å²) in [6, 6.07) is 12.0. The van der Waals surface area contributed by atoms with Gasteiger partial charge in [0.2, 0.25) is 5.88 Å². The van der Waals surface area contributed by atoms with Crippen molar-refractivity contribution in [3.63, 3.8) is 0 Å². The SMILES string of the molecule is Cl.O=[N+]([O-])c1cccc(CNCCOc2ccccn2)c1. The van der Waals surface area contributed by atoms with Gasteiger partial charge in [-0.3, -0.25) is 10.1 Å². The van der Waals surface area contributed by atoms with E-state index in [0.717, 1.165) is 5.56 Å². The van der Waals surface area contributed by atoms with E-state index in [1.54, 1.807) is 24.4 Å². The number of hydrogen-bond acceptors (Lipinski definition) is 5. The predicted octanol–water partition coefficient (Wildman–Crippen LogP) is 2.58. The average molecular weight is 310 g/mol. The number of non-ortho nitro benzene ring substituents is 1. The average Bonchev–Trinajstić information content (AvgIpc) is 2.48. The van der Waals surface area contributed by atoms with Crippen LogP contribution >= 0.6 is 12.4 Å². The first-order valence-corrected chi connectivity index (χ1v) is 6.23. The molecule has 1 aromatic carbocycles. The van der Waals surface area contributed by atoms with E-state index in [1.165, 1.54) is 6.07 Å². The van der Waals surface area contributed by atoms with Crippen LogP contribution in [-0.4, -0.2) is 23.1 Å². The van der Waals surface area contributed by atoms with Gasteiger partial charge in [-0.2, -0.15) is 0 Å². The first-order valence-electron chi connectivity index (χ1n) is 6.23. The molecule has 0 atom stereocenters. The summed E-state index contributed by atoms with van der Waals surface area (Å²) >= 11 is 0. The molecule has 0 radical (unpaired) electrons. The summed E-state index contributed by atoms with van der Waals surface area (Å²) in [7, 11) is 0. The van der Waals surface area contributed by atoms with Crippen LogP contribution in [0.1, 0.15) is 5.56 Å². The second-order valence-electron chi connectivity index (χ2n) is 4.12. The number of nitrogens with one attached hydrogen (secondary N) is 1. The van der Waals surface area contributed by atoms with E-state index in [9.17, 15) is 10.1 Å². The number of nitro groups is 1. The van der Waals surface area contributed by atoms with E-state index < -0.39 is 4.92 Å². The minimum Gasteiger partial charge on any atom is -0.476 e. The van der Waals surface area contributed by atoms with E-state index in [-0.39, 0.29) is 18.1 Å². The lowest BCUT2D eigenvalue weighted by molar-refractivity contribution is -0.384. The Labute approximate surface area is 128 Å². The van der Waals surface area contributed by atoms with Gasteiger partial charge in [-0.15, -0.1) is 12.4 Å². The summed E-state index contributed by atoms with van der Waals surface area (Å²) in [5, 5.41) is 13.8. The van der Waals surface area contributed by atoms with Crippen molar-refractivity contribution >= 4 is 18.1 Å². The van der Waals surface area contributed by atoms with Gasteiger partial charge >= 0.3 is 0 Å². The van der Waals surface area contributed by atoms with Crippen LogP contribution in [0.25, 0.3) is 0 Å². The second kappa shape index (κ2) is 8.89. The van der Waals surface area contributed by atoms with Crippen LogP contribution < -0.4 is 10.1 Å². The molecule has 6 nitrogen and oxygen atoms in total. The fourth-order valence-electron chi connectivity index (χ4n) is 1.67. The molecule has 0 fully saturated rings. The molecule has 1 heterocycles. The van der Waals surface area contributed by atoms with Gasteiger partial charge in [0.15, 0.2) is 0 Å². The standard InChI is InChI=1S/C14H15N3O3.ClH/c18-17(19)13-5-3-4-12(10-13)11-15-8-9-20-14-6-1-2-7-16-14;/h1-7,10,15H,8-9,11H2;1H. The van der Waals surface area contributed by atoms with Gasteiger partial charge in [0, 0.05) is 37.5 Å². The van der Waals surface area contributed by atoms with Crippen molar-refractivity contribution in [2.75, 3.05) is 13.2 Å². The highest BCUT2D eigenvalue weighted by Crippen LogP contribution is 2.12. The molecule has 0 aliphatic heterocycles. The van der Waals surface area contributed by atoms with Crippen LogP contribution in [0.4, 0.5) is 5.69 Å². The third-order valence-electron chi connectivity index (χ3n) is 2.62. The summed E-state index contributed by atoms with van der Waals surface area (Å²) in [5.41, 5.74) is 0.978. The topological polar surface area (TPSA) is 77.3 Å². The molecular weight excluding hydrogens is 294 g/mol. The van der Waals surface area contributed by atoms with Crippen LogP contribution in [0, 0.1) is 10.1 Å². The molecule has 0 amide bonds. The van der Waals surface area contributed by atoms with Gasteiger partial charge in [-0.1, -0.05) is 18.2 Å². The molecular formula is C14H16ClN3O3. The zero-order valence-electron chi connectivity index (χ0n) is 11.3. The van der Waals surface area contributed by atoms with E-state index in [4.69, 9.17) is 4.74 Å². The van der Waals surface area contributed by atoms with Crippen molar-refractivity contribution in [2.45, 2.75) is 6.54 Å². The van der Waals surface area contributed by atoms with Gasteiger partial charge < -0.3 is 10.1 Å². The van der Waals surface area contributed by atoms with Gasteiger partial charge in [0.05, 0.1) is 4.92 Å². The Morgan fingerprint density at radius 3 is 2.81 bits per heavy atom. The van der Waals surface area contributed by atoms with E-state index >= 15 is 0 Å². The minimum atomic E-state index is -0.395. The third-order valence-corrected chi connectivity index (χ3v) is 2.62. The summed E-state index contributed by atoms with van der Waals surface area (Å²) in [5.74, 6) is 0.588. The van der Waals surface area contributed by atoms with Gasteiger partial charge in [-0.05, 0) is 11.6 Å². The molecule has 1 aromatic heterocycles. The fraction of sp³-hybridized carbons (Fsp3) is 0.214. The second-order valence-corrected chi connectivity index (χ2v) is 4.12. The zero-order valence-corrected chi connectivity index (χ0v) is 12.1. The first kappa shape index (κ1) is 16.9.